The van der Waals surface area contributed by atoms with Gasteiger partial charge in [0.2, 0.25) is 0 Å². The quantitative estimate of drug-likeness (QED) is 0.475. The molecule has 0 saturated heterocycles. The summed E-state index contributed by atoms with van der Waals surface area (Å²) in [6.07, 6.45) is 0.748. The number of nitro groups is 1. The molecule has 0 unspecified atom stereocenters. The van der Waals surface area contributed by atoms with E-state index in [4.69, 9.17) is 4.74 Å². The third-order valence-electron chi connectivity index (χ3n) is 1.78. The van der Waals surface area contributed by atoms with Crippen molar-refractivity contribution in [1.82, 2.24) is 0 Å². The van der Waals surface area contributed by atoms with Crippen LogP contribution in [0.4, 0.5) is 5.69 Å². The number of methoxy groups -OCH3 is 1. The van der Waals surface area contributed by atoms with E-state index in [1.165, 1.54) is 13.2 Å². The highest BCUT2D eigenvalue weighted by Gasteiger charge is 2.09. The zero-order valence-corrected chi connectivity index (χ0v) is 9.28. The summed E-state index contributed by atoms with van der Waals surface area (Å²) in [6, 6.07) is 4.77. The molecule has 0 spiro atoms. The third kappa shape index (κ3) is 2.70. The Morgan fingerprint density at radius 1 is 1.50 bits per heavy atom. The summed E-state index contributed by atoms with van der Waals surface area (Å²) in [5.74, 6) is 0.523. The number of aryl methyl sites for hydroxylation is 1. The molecule has 0 fully saturated rings. The summed E-state index contributed by atoms with van der Waals surface area (Å²) in [6.45, 7) is 0. The van der Waals surface area contributed by atoms with E-state index in [1.54, 1.807) is 12.1 Å². The molecule has 5 heteroatoms. The van der Waals surface area contributed by atoms with Gasteiger partial charge in [-0.1, -0.05) is 15.9 Å². The monoisotopic (exact) mass is 259 g/mol. The molecule has 76 valence electrons. The van der Waals surface area contributed by atoms with Gasteiger partial charge in [-0.15, -0.1) is 0 Å². The summed E-state index contributed by atoms with van der Waals surface area (Å²) in [4.78, 5) is 10.1. The fourth-order valence-electron chi connectivity index (χ4n) is 1.12. The van der Waals surface area contributed by atoms with Gasteiger partial charge in [-0.3, -0.25) is 10.1 Å². The van der Waals surface area contributed by atoms with Gasteiger partial charge < -0.3 is 4.74 Å². The largest absolute Gasteiger partial charge is 0.496 e. The van der Waals surface area contributed by atoms with Crippen LogP contribution in [0.25, 0.3) is 0 Å². The smallest absolute Gasteiger partial charge is 0.273 e. The minimum atomic E-state index is -0.416. The van der Waals surface area contributed by atoms with E-state index >= 15 is 0 Å². The first-order valence-electron chi connectivity index (χ1n) is 4.05. The molecule has 0 saturated carbocycles. The number of ether oxygens (including phenoxy) is 1. The molecule has 0 bridgehead atoms. The molecule has 0 atom stereocenters. The first-order chi connectivity index (χ1) is 6.67. The Labute approximate surface area is 90.2 Å². The van der Waals surface area contributed by atoms with Gasteiger partial charge in [-0.05, 0) is 18.1 Å². The fraction of sp³-hybridized carbons (Fsp3) is 0.333. The Balaban J connectivity index is 3.06. The lowest BCUT2D eigenvalue weighted by molar-refractivity contribution is -0.385. The van der Waals surface area contributed by atoms with Crippen LogP contribution in [-0.2, 0) is 6.42 Å². The van der Waals surface area contributed by atoms with Gasteiger partial charge in [0.1, 0.15) is 5.75 Å². The maximum absolute atomic E-state index is 10.6. The van der Waals surface area contributed by atoms with Gasteiger partial charge in [-0.2, -0.15) is 0 Å². The van der Waals surface area contributed by atoms with E-state index in [0.29, 0.717) is 5.75 Å². The second-order valence-electron chi connectivity index (χ2n) is 2.74. The third-order valence-corrected chi connectivity index (χ3v) is 2.18. The number of hydrogen-bond donors (Lipinski definition) is 0. The van der Waals surface area contributed by atoms with Crippen molar-refractivity contribution in [2.24, 2.45) is 0 Å². The average Bonchev–Trinajstić information content (AvgIpc) is 2.17. The minimum absolute atomic E-state index is 0.0697. The molecule has 0 heterocycles. The van der Waals surface area contributed by atoms with Crippen molar-refractivity contribution < 1.29 is 9.66 Å². The normalized spacial score (nSPS) is 9.86. The van der Waals surface area contributed by atoms with E-state index < -0.39 is 4.92 Å². The van der Waals surface area contributed by atoms with Crippen LogP contribution in [-0.4, -0.2) is 17.4 Å². The van der Waals surface area contributed by atoms with Crippen molar-refractivity contribution in [3.8, 4) is 5.75 Å². The Hall–Kier alpha value is -1.10. The van der Waals surface area contributed by atoms with E-state index in [0.717, 1.165) is 17.3 Å². The number of halogens is 1. The Morgan fingerprint density at radius 2 is 2.21 bits per heavy atom. The molecular formula is C9H10BrNO3. The van der Waals surface area contributed by atoms with Crippen LogP contribution >= 0.6 is 15.9 Å². The maximum atomic E-state index is 10.6. The van der Waals surface area contributed by atoms with Crippen LogP contribution in [0.1, 0.15) is 5.56 Å². The fourth-order valence-corrected chi connectivity index (χ4v) is 1.58. The Bertz CT molecular complexity index is 341. The first kappa shape index (κ1) is 11.0. The van der Waals surface area contributed by atoms with Crippen LogP contribution in [0.3, 0.4) is 0 Å². The molecular weight excluding hydrogens is 250 g/mol. The predicted octanol–water partition coefficient (Wildman–Crippen LogP) is 2.54. The summed E-state index contributed by atoms with van der Waals surface area (Å²) >= 11 is 3.28. The summed E-state index contributed by atoms with van der Waals surface area (Å²) in [7, 11) is 1.50. The van der Waals surface area contributed by atoms with Gasteiger partial charge >= 0.3 is 0 Å². The van der Waals surface area contributed by atoms with Crippen LogP contribution in [0.15, 0.2) is 18.2 Å². The molecule has 0 N–H and O–H groups in total. The van der Waals surface area contributed by atoms with E-state index in [-0.39, 0.29) is 5.69 Å². The lowest BCUT2D eigenvalue weighted by atomic mass is 10.1. The Morgan fingerprint density at radius 3 is 2.71 bits per heavy atom. The van der Waals surface area contributed by atoms with E-state index in [9.17, 15) is 10.1 Å². The highest BCUT2D eigenvalue weighted by molar-refractivity contribution is 9.09. The number of hydrogen-bond acceptors (Lipinski definition) is 3. The number of non-ortho nitro benzene ring substituents is 1. The molecule has 1 rings (SSSR count). The van der Waals surface area contributed by atoms with Crippen molar-refractivity contribution >= 4 is 21.6 Å². The maximum Gasteiger partial charge on any atom is 0.273 e. The zero-order chi connectivity index (χ0) is 10.6. The van der Waals surface area contributed by atoms with Crippen LogP contribution in [0, 0.1) is 10.1 Å². The van der Waals surface area contributed by atoms with Crippen LogP contribution < -0.4 is 4.74 Å². The van der Waals surface area contributed by atoms with Gasteiger partial charge in [0, 0.05) is 11.4 Å². The molecule has 1 aromatic rings. The van der Waals surface area contributed by atoms with Crippen molar-refractivity contribution in [2.45, 2.75) is 6.42 Å². The standard InChI is InChI=1S/C9H10BrNO3/c1-14-9-5-7(2-3-10)4-8(6-9)11(12)13/h4-6H,2-3H2,1H3. The molecule has 0 radical (unpaired) electrons. The Kier molecular flexibility index (Phi) is 3.88. The van der Waals surface area contributed by atoms with Crippen LogP contribution in [0.5, 0.6) is 5.75 Å². The van der Waals surface area contributed by atoms with Gasteiger partial charge in [0.25, 0.3) is 5.69 Å². The summed E-state index contributed by atoms with van der Waals surface area (Å²) < 4.78 is 4.97. The highest BCUT2D eigenvalue weighted by atomic mass is 79.9. The number of benzene rings is 1. The first-order valence-corrected chi connectivity index (χ1v) is 5.18. The number of alkyl halides is 1. The van der Waals surface area contributed by atoms with Crippen molar-refractivity contribution in [2.75, 3.05) is 12.4 Å². The van der Waals surface area contributed by atoms with Crippen molar-refractivity contribution in [3.05, 3.63) is 33.9 Å². The average molecular weight is 260 g/mol. The summed E-state index contributed by atoms with van der Waals surface area (Å²) in [5, 5.41) is 11.3. The highest BCUT2D eigenvalue weighted by Crippen LogP contribution is 2.22. The minimum Gasteiger partial charge on any atom is -0.496 e. The lowest BCUT2D eigenvalue weighted by Crippen LogP contribution is -1.94. The molecule has 0 aliphatic carbocycles. The molecule has 14 heavy (non-hydrogen) atoms. The van der Waals surface area contributed by atoms with Crippen LogP contribution in [0.2, 0.25) is 0 Å². The van der Waals surface area contributed by atoms with Crippen molar-refractivity contribution in [3.63, 3.8) is 0 Å². The predicted molar refractivity (Wildman–Crippen MR) is 57.1 cm³/mol. The second-order valence-corrected chi connectivity index (χ2v) is 3.53. The molecule has 4 nitrogen and oxygen atoms in total. The topological polar surface area (TPSA) is 52.4 Å². The SMILES string of the molecule is COc1cc(CCBr)cc([N+](=O)[O-])c1. The lowest BCUT2D eigenvalue weighted by Gasteiger charge is -2.03. The second kappa shape index (κ2) is 4.95. The van der Waals surface area contributed by atoms with Crippen molar-refractivity contribution in [1.29, 1.82) is 0 Å². The number of nitro benzene ring substituents is 1. The van der Waals surface area contributed by atoms with Gasteiger partial charge in [0.05, 0.1) is 18.1 Å². The molecule has 1 aromatic carbocycles. The molecule has 0 amide bonds. The summed E-state index contributed by atoms with van der Waals surface area (Å²) in [5.41, 5.74) is 0.966. The van der Waals surface area contributed by atoms with E-state index in [2.05, 4.69) is 15.9 Å². The number of rotatable bonds is 4. The van der Waals surface area contributed by atoms with Gasteiger partial charge in [-0.25, -0.2) is 0 Å². The van der Waals surface area contributed by atoms with Gasteiger partial charge in [0.15, 0.2) is 0 Å². The number of nitrogens with zero attached hydrogens (tertiary/aromatic N) is 1. The molecule has 0 aromatic heterocycles. The van der Waals surface area contributed by atoms with E-state index in [1.807, 2.05) is 0 Å². The molecule has 0 aliphatic heterocycles. The molecule has 0 aliphatic rings. The zero-order valence-electron chi connectivity index (χ0n) is 7.70.